The van der Waals surface area contributed by atoms with Crippen molar-refractivity contribution in [3.8, 4) is 11.5 Å². The lowest BCUT2D eigenvalue weighted by Crippen LogP contribution is -2.00. The molecule has 2 nitrogen and oxygen atoms in total. The van der Waals surface area contributed by atoms with Crippen molar-refractivity contribution in [3.05, 3.63) is 130 Å². The highest BCUT2D eigenvalue weighted by molar-refractivity contribution is 7.79. The second-order valence-corrected chi connectivity index (χ2v) is 8.80. The Balaban J connectivity index is 1.51. The molecule has 0 radical (unpaired) electrons. The van der Waals surface area contributed by atoms with E-state index in [1.54, 1.807) is 0 Å². The number of benzene rings is 3. The van der Waals surface area contributed by atoms with Crippen LogP contribution in [-0.4, -0.2) is 13.2 Å². The fraction of sp³-hybridized carbons (Fsp3) is 0.147. The zero-order valence-electron chi connectivity index (χ0n) is 21.4. The predicted molar refractivity (Wildman–Crippen MR) is 162 cm³/mol. The van der Waals surface area contributed by atoms with E-state index >= 15 is 0 Å². The van der Waals surface area contributed by atoms with E-state index in [1.165, 1.54) is 11.1 Å². The molecule has 0 fully saturated rings. The van der Waals surface area contributed by atoms with Gasteiger partial charge in [0.05, 0.1) is 18.8 Å². The highest BCUT2D eigenvalue weighted by atomic mass is 32.1. The average molecular weight is 505 g/mol. The first-order valence-electron chi connectivity index (χ1n) is 12.6. The fourth-order valence-electron chi connectivity index (χ4n) is 3.89. The van der Waals surface area contributed by atoms with E-state index in [0.717, 1.165) is 45.1 Å². The summed E-state index contributed by atoms with van der Waals surface area (Å²) in [4.78, 5) is 0. The van der Waals surface area contributed by atoms with E-state index in [4.69, 9.17) is 9.47 Å². The molecule has 1 aliphatic carbocycles. The van der Waals surface area contributed by atoms with Crippen molar-refractivity contribution < 1.29 is 9.47 Å². The maximum absolute atomic E-state index is 5.99. The molecule has 4 rings (SSSR count). The van der Waals surface area contributed by atoms with Crippen molar-refractivity contribution in [1.82, 2.24) is 0 Å². The Labute approximate surface area is 226 Å². The van der Waals surface area contributed by atoms with Crippen molar-refractivity contribution in [2.45, 2.75) is 19.6 Å². The molecule has 3 aromatic rings. The number of thiol groups is 1. The first-order valence-corrected chi connectivity index (χ1v) is 13.2. The van der Waals surface area contributed by atoms with Crippen LogP contribution in [0.4, 0.5) is 0 Å². The Morgan fingerprint density at radius 1 is 0.676 bits per heavy atom. The molecule has 0 aromatic heterocycles. The summed E-state index contributed by atoms with van der Waals surface area (Å²) in [6.07, 6.45) is 18.4. The largest absolute Gasteiger partial charge is 0.493 e. The third-order valence-electron chi connectivity index (χ3n) is 5.81. The summed E-state index contributed by atoms with van der Waals surface area (Å²) >= 11 is 4.32. The Kier molecular flexibility index (Phi) is 9.48. The van der Waals surface area contributed by atoms with Crippen LogP contribution in [0, 0.1) is 0 Å². The highest BCUT2D eigenvalue weighted by Crippen LogP contribution is 2.34. The van der Waals surface area contributed by atoms with E-state index < -0.39 is 0 Å². The minimum Gasteiger partial charge on any atom is -0.493 e. The first kappa shape index (κ1) is 26.2. The lowest BCUT2D eigenvalue weighted by Gasteiger charge is -2.14. The maximum atomic E-state index is 5.99. The summed E-state index contributed by atoms with van der Waals surface area (Å²) < 4.78 is 12.0. The van der Waals surface area contributed by atoms with Gasteiger partial charge in [-0.25, -0.2) is 0 Å². The Morgan fingerprint density at radius 2 is 1.19 bits per heavy atom. The number of hydrogen-bond donors (Lipinski definition) is 1. The summed E-state index contributed by atoms with van der Waals surface area (Å²) in [5.74, 6) is 2.37. The van der Waals surface area contributed by atoms with Gasteiger partial charge in [-0.1, -0.05) is 78.9 Å². The van der Waals surface area contributed by atoms with E-state index in [0.29, 0.717) is 13.2 Å². The zero-order valence-corrected chi connectivity index (χ0v) is 22.2. The second kappa shape index (κ2) is 13.4. The Hall–Kier alpha value is -3.91. The molecular formula is C34H32O2S. The van der Waals surface area contributed by atoms with Crippen molar-refractivity contribution in [3.63, 3.8) is 0 Å². The van der Waals surface area contributed by atoms with Crippen molar-refractivity contribution >= 4 is 43.0 Å². The van der Waals surface area contributed by atoms with Crippen LogP contribution in [0.5, 0.6) is 11.5 Å². The first-order chi connectivity index (χ1) is 18.2. The molecule has 0 unspecified atom stereocenters. The van der Waals surface area contributed by atoms with Gasteiger partial charge >= 0.3 is 0 Å². The molecule has 186 valence electrons. The van der Waals surface area contributed by atoms with E-state index in [1.807, 2.05) is 44.2 Å². The summed E-state index contributed by atoms with van der Waals surface area (Å²) in [7, 11) is 0. The van der Waals surface area contributed by atoms with Crippen LogP contribution < -0.4 is 9.47 Å². The zero-order chi connectivity index (χ0) is 25.9. The molecule has 0 N–H and O–H groups in total. The number of rotatable bonds is 11. The molecule has 0 amide bonds. The van der Waals surface area contributed by atoms with Gasteiger partial charge in [-0.15, -0.1) is 5.73 Å². The fourth-order valence-corrected chi connectivity index (χ4v) is 4.10. The predicted octanol–water partition coefficient (Wildman–Crippen LogP) is 8.92. The maximum Gasteiger partial charge on any atom is 0.130 e. The average Bonchev–Trinajstić information content (AvgIpc) is 3.45. The molecule has 0 aliphatic heterocycles. The van der Waals surface area contributed by atoms with Gasteiger partial charge in [0.2, 0.25) is 0 Å². The standard InChI is InChI=1S/C34H32O2S/c1-3-35-33-23-31(24-34(36-4-2)32(33)22-21-26-7-5-6-8-26)20-17-28-12-9-27(10-13-28)11-14-29-15-18-30(25-37)19-16-29/h5-7,9-24,37H,3-4,25H2,1-2H3/b14-11+,20-17+,22-21+. The normalized spacial score (nSPS) is 12.8. The van der Waals surface area contributed by atoms with Crippen LogP contribution in [0.1, 0.15) is 47.2 Å². The molecule has 3 aromatic carbocycles. The van der Waals surface area contributed by atoms with Crippen LogP contribution in [-0.2, 0) is 5.75 Å². The number of hydrogen-bond acceptors (Lipinski definition) is 3. The van der Waals surface area contributed by atoms with Crippen LogP contribution in [0.3, 0.4) is 0 Å². The molecule has 1 aliphatic rings. The van der Waals surface area contributed by atoms with Crippen LogP contribution in [0.25, 0.3) is 30.4 Å². The topological polar surface area (TPSA) is 18.5 Å². The Morgan fingerprint density at radius 3 is 1.65 bits per heavy atom. The molecule has 0 atom stereocenters. The lowest BCUT2D eigenvalue weighted by molar-refractivity contribution is 0.321. The van der Waals surface area contributed by atoms with Crippen LogP contribution >= 0.6 is 12.6 Å². The molecule has 0 spiro atoms. The monoisotopic (exact) mass is 504 g/mol. The van der Waals surface area contributed by atoms with Crippen LogP contribution in [0.2, 0.25) is 0 Å². The quantitative estimate of drug-likeness (QED) is 0.160. The summed E-state index contributed by atoms with van der Waals surface area (Å²) in [5.41, 5.74) is 10.9. The molecule has 0 heterocycles. The summed E-state index contributed by atoms with van der Waals surface area (Å²) in [6.45, 7) is 5.15. The summed E-state index contributed by atoms with van der Waals surface area (Å²) in [6, 6.07) is 21.1. The van der Waals surface area contributed by atoms with Gasteiger partial charge in [0.25, 0.3) is 0 Å². The third-order valence-corrected chi connectivity index (χ3v) is 6.18. The highest BCUT2D eigenvalue weighted by Gasteiger charge is 2.11. The van der Waals surface area contributed by atoms with Crippen LogP contribution in [0.15, 0.2) is 96.3 Å². The number of allylic oxidation sites excluding steroid dienone is 4. The molecule has 3 heteroatoms. The summed E-state index contributed by atoms with van der Waals surface area (Å²) in [5, 5.41) is 0. The lowest BCUT2D eigenvalue weighted by atomic mass is 10.0. The van der Waals surface area contributed by atoms with Gasteiger partial charge in [0.15, 0.2) is 0 Å². The molecule has 0 saturated heterocycles. The molecular weight excluding hydrogens is 472 g/mol. The van der Waals surface area contributed by atoms with Gasteiger partial charge in [0, 0.05) is 11.3 Å². The number of ether oxygens (including phenoxy) is 2. The van der Waals surface area contributed by atoms with E-state index in [-0.39, 0.29) is 0 Å². The second-order valence-electron chi connectivity index (χ2n) is 8.49. The SMILES string of the molecule is CCOc1cc(/C=C/c2ccc(/C=C/c3ccc(CS)cc3)cc2)cc(OCC)c1/C=C/C1=C=CC=C1. The van der Waals surface area contributed by atoms with Crippen molar-refractivity contribution in [2.24, 2.45) is 0 Å². The molecule has 0 saturated carbocycles. The van der Waals surface area contributed by atoms with Gasteiger partial charge in [0.1, 0.15) is 11.5 Å². The molecule has 37 heavy (non-hydrogen) atoms. The minimum absolute atomic E-state index is 0.580. The van der Waals surface area contributed by atoms with Crippen molar-refractivity contribution in [1.29, 1.82) is 0 Å². The smallest absolute Gasteiger partial charge is 0.130 e. The van der Waals surface area contributed by atoms with Gasteiger partial charge in [-0.05, 0) is 78.1 Å². The van der Waals surface area contributed by atoms with Gasteiger partial charge in [-0.2, -0.15) is 12.6 Å². The third kappa shape index (κ3) is 7.54. The van der Waals surface area contributed by atoms with E-state index in [9.17, 15) is 0 Å². The van der Waals surface area contributed by atoms with E-state index in [2.05, 4.69) is 103 Å². The van der Waals surface area contributed by atoms with Gasteiger partial charge in [-0.3, -0.25) is 0 Å². The molecule has 0 bridgehead atoms. The van der Waals surface area contributed by atoms with Crippen molar-refractivity contribution in [2.75, 3.05) is 13.2 Å². The minimum atomic E-state index is 0.580. The Bertz CT molecular complexity index is 1350. The van der Waals surface area contributed by atoms with Gasteiger partial charge < -0.3 is 9.47 Å².